The van der Waals surface area contributed by atoms with Crippen LogP contribution in [-0.2, 0) is 23.0 Å². The van der Waals surface area contributed by atoms with E-state index in [0.717, 1.165) is 49.5 Å². The van der Waals surface area contributed by atoms with Crippen molar-refractivity contribution in [3.8, 4) is 0 Å². The molecule has 0 saturated heterocycles. The summed E-state index contributed by atoms with van der Waals surface area (Å²) in [5.41, 5.74) is 2.12. The Morgan fingerprint density at radius 2 is 1.48 bits per heavy atom. The van der Waals surface area contributed by atoms with Gasteiger partial charge in [0, 0.05) is 0 Å². The fourth-order valence-electron chi connectivity index (χ4n) is 2.71. The molecule has 0 aliphatic carbocycles. The third-order valence-corrected chi connectivity index (χ3v) is 4.82. The summed E-state index contributed by atoms with van der Waals surface area (Å²) < 4.78 is 34.7. The average molecular weight is 342 g/mol. The topological polar surface area (TPSA) is 57.2 Å². The van der Waals surface area contributed by atoms with Crippen LogP contribution >= 0.6 is 0 Å². The number of rotatable bonds is 7. The summed E-state index contributed by atoms with van der Waals surface area (Å²) >= 11 is 0. The second kappa shape index (κ2) is 9.19. The summed E-state index contributed by atoms with van der Waals surface area (Å²) in [5, 5.41) is 1.40. The van der Waals surface area contributed by atoms with Crippen LogP contribution in [-0.4, -0.2) is 13.0 Å². The van der Waals surface area contributed by atoms with Crippen LogP contribution in [0, 0.1) is 0 Å². The second-order valence-electron chi connectivity index (χ2n) is 5.81. The smallest absolute Gasteiger partial charge is 0.744 e. The van der Waals surface area contributed by atoms with Crippen molar-refractivity contribution in [1.29, 1.82) is 0 Å². The molecule has 2 rings (SSSR count). The monoisotopic (exact) mass is 342 g/mol. The third-order valence-electron chi connectivity index (χ3n) is 3.95. The Morgan fingerprint density at radius 3 is 2.04 bits per heavy atom. The number of hydrogen-bond acceptors (Lipinski definition) is 3. The zero-order valence-corrected chi connectivity index (χ0v) is 17.1. The summed E-state index contributed by atoms with van der Waals surface area (Å²) in [6.07, 6.45) is 6.02. The summed E-state index contributed by atoms with van der Waals surface area (Å²) in [6.45, 7) is 4.24. The van der Waals surface area contributed by atoms with Crippen LogP contribution in [0.1, 0.15) is 50.7 Å². The van der Waals surface area contributed by atoms with Gasteiger partial charge in [0.15, 0.2) is 0 Å². The van der Waals surface area contributed by atoms with E-state index in [1.54, 1.807) is 12.1 Å². The fourth-order valence-corrected chi connectivity index (χ4v) is 3.46. The molecular formula is C18H23NaO3S. The second-order valence-corrected chi connectivity index (χ2v) is 7.16. The normalized spacial score (nSPS) is 11.4. The first-order valence-corrected chi connectivity index (χ1v) is 9.38. The van der Waals surface area contributed by atoms with Crippen molar-refractivity contribution in [2.45, 2.75) is 57.3 Å². The van der Waals surface area contributed by atoms with Crippen molar-refractivity contribution >= 4 is 20.9 Å². The summed E-state index contributed by atoms with van der Waals surface area (Å²) in [7, 11) is -4.46. The number of hydrogen-bond donors (Lipinski definition) is 0. The summed E-state index contributed by atoms with van der Waals surface area (Å²) in [4.78, 5) is -0.0851. The molecule has 0 aromatic heterocycles. The molecule has 0 saturated carbocycles. The van der Waals surface area contributed by atoms with Gasteiger partial charge in [-0.05, 0) is 53.6 Å². The van der Waals surface area contributed by atoms with Crippen LogP contribution in [0.15, 0.2) is 35.2 Å². The maximum Gasteiger partial charge on any atom is 1.00 e. The van der Waals surface area contributed by atoms with Gasteiger partial charge in [-0.25, -0.2) is 8.42 Å². The van der Waals surface area contributed by atoms with Crippen molar-refractivity contribution in [2.24, 2.45) is 0 Å². The summed E-state index contributed by atoms with van der Waals surface area (Å²) in [6, 6.07) is 9.30. The van der Waals surface area contributed by atoms with Gasteiger partial charge in [-0.15, -0.1) is 0 Å². The Balaban J connectivity index is 0.00000264. The summed E-state index contributed by atoms with van der Waals surface area (Å²) in [5.74, 6) is 0. The number of benzene rings is 2. The number of unbranched alkanes of at least 4 members (excludes halogenated alkanes) is 2. The van der Waals surface area contributed by atoms with E-state index >= 15 is 0 Å². The molecule has 0 unspecified atom stereocenters. The van der Waals surface area contributed by atoms with Crippen molar-refractivity contribution < 1.29 is 42.5 Å². The molecule has 0 spiro atoms. The van der Waals surface area contributed by atoms with Crippen molar-refractivity contribution in [3.05, 3.63) is 41.5 Å². The molecule has 120 valence electrons. The first kappa shape index (κ1) is 20.7. The van der Waals surface area contributed by atoms with Crippen LogP contribution in [0.2, 0.25) is 0 Å². The SMILES string of the molecule is CCCCc1ccc2c(S(=O)(=O)[O-])cc(CCCC)cc2c1.[Na+]. The first-order valence-electron chi connectivity index (χ1n) is 7.97. The van der Waals surface area contributed by atoms with Crippen LogP contribution in [0.3, 0.4) is 0 Å². The molecule has 0 fully saturated rings. The minimum Gasteiger partial charge on any atom is -0.744 e. The standard InChI is InChI=1S/C18H24O3S.Na/c1-3-5-7-14-9-10-17-16(11-14)12-15(8-6-4-2)13-18(17)22(19,20)21;/h9-13H,3-8H2,1-2H3,(H,19,20,21);/q;+1/p-1. The van der Waals surface area contributed by atoms with Gasteiger partial charge >= 0.3 is 29.6 Å². The Morgan fingerprint density at radius 1 is 0.913 bits per heavy atom. The molecule has 5 heteroatoms. The van der Waals surface area contributed by atoms with Gasteiger partial charge in [0.05, 0.1) is 4.90 Å². The Bertz CT molecular complexity index is 749. The van der Waals surface area contributed by atoms with Gasteiger partial charge in [-0.3, -0.25) is 0 Å². The van der Waals surface area contributed by atoms with E-state index in [9.17, 15) is 13.0 Å². The maximum atomic E-state index is 11.6. The molecule has 0 N–H and O–H groups in total. The van der Waals surface area contributed by atoms with E-state index in [1.807, 2.05) is 18.2 Å². The number of fused-ring (bicyclic) bond motifs is 1. The fraction of sp³-hybridized carbons (Fsp3) is 0.444. The van der Waals surface area contributed by atoms with Crippen LogP contribution in [0.5, 0.6) is 0 Å². The average Bonchev–Trinajstić information content (AvgIpc) is 2.48. The van der Waals surface area contributed by atoms with Gasteiger partial charge in [0.1, 0.15) is 10.1 Å². The molecule has 0 aliphatic rings. The largest absolute Gasteiger partial charge is 1.00 e. The quantitative estimate of drug-likeness (QED) is 0.565. The molecular weight excluding hydrogens is 319 g/mol. The molecule has 0 aliphatic heterocycles. The minimum atomic E-state index is -4.46. The minimum absolute atomic E-state index is 0. The maximum absolute atomic E-state index is 11.6. The molecule has 3 nitrogen and oxygen atoms in total. The molecule has 0 radical (unpaired) electrons. The van der Waals surface area contributed by atoms with Gasteiger partial charge in [-0.2, -0.15) is 0 Å². The molecule has 0 heterocycles. The van der Waals surface area contributed by atoms with Crippen molar-refractivity contribution in [2.75, 3.05) is 0 Å². The van der Waals surface area contributed by atoms with E-state index in [2.05, 4.69) is 13.8 Å². The van der Waals surface area contributed by atoms with Gasteiger partial charge in [-0.1, -0.05) is 51.0 Å². The van der Waals surface area contributed by atoms with E-state index in [4.69, 9.17) is 0 Å². The van der Waals surface area contributed by atoms with Crippen LogP contribution in [0.4, 0.5) is 0 Å². The number of aryl methyl sites for hydroxylation is 2. The first-order chi connectivity index (χ1) is 10.5. The molecule has 23 heavy (non-hydrogen) atoms. The molecule has 2 aromatic carbocycles. The van der Waals surface area contributed by atoms with E-state index in [1.165, 1.54) is 5.56 Å². The zero-order valence-electron chi connectivity index (χ0n) is 14.3. The van der Waals surface area contributed by atoms with Crippen LogP contribution in [0.25, 0.3) is 10.8 Å². The Labute approximate surface area is 161 Å². The van der Waals surface area contributed by atoms with Crippen LogP contribution < -0.4 is 29.6 Å². The molecule has 0 atom stereocenters. The van der Waals surface area contributed by atoms with E-state index in [0.29, 0.717) is 5.39 Å². The van der Waals surface area contributed by atoms with Gasteiger partial charge in [0.25, 0.3) is 0 Å². The third kappa shape index (κ3) is 5.57. The zero-order chi connectivity index (χ0) is 16.2. The Hall–Kier alpha value is -0.390. The molecule has 2 aromatic rings. The predicted octanol–water partition coefficient (Wildman–Crippen LogP) is 1.43. The van der Waals surface area contributed by atoms with E-state index in [-0.39, 0.29) is 34.5 Å². The van der Waals surface area contributed by atoms with E-state index < -0.39 is 10.1 Å². The molecule has 0 bridgehead atoms. The van der Waals surface area contributed by atoms with Crippen molar-refractivity contribution in [3.63, 3.8) is 0 Å². The van der Waals surface area contributed by atoms with Gasteiger partial charge < -0.3 is 4.55 Å². The molecule has 0 amide bonds. The Kier molecular flexibility index (Phi) is 8.25. The predicted molar refractivity (Wildman–Crippen MR) is 89.1 cm³/mol. The van der Waals surface area contributed by atoms with Gasteiger partial charge in [0.2, 0.25) is 0 Å². The van der Waals surface area contributed by atoms with Crippen molar-refractivity contribution in [1.82, 2.24) is 0 Å².